The van der Waals surface area contributed by atoms with E-state index in [1.165, 1.54) is 6.08 Å². The zero-order valence-electron chi connectivity index (χ0n) is 15.0. The molecule has 0 unspecified atom stereocenters. The van der Waals surface area contributed by atoms with E-state index in [1.54, 1.807) is 24.3 Å². The van der Waals surface area contributed by atoms with E-state index in [2.05, 4.69) is 0 Å². The monoisotopic (exact) mass is 354 g/mol. The lowest BCUT2D eigenvalue weighted by Gasteiger charge is -2.18. The predicted molar refractivity (Wildman–Crippen MR) is 99.6 cm³/mol. The van der Waals surface area contributed by atoms with E-state index in [4.69, 9.17) is 18.9 Å². The minimum absolute atomic E-state index is 0.103. The van der Waals surface area contributed by atoms with Gasteiger partial charge in [0.05, 0.1) is 13.2 Å². The molecule has 0 spiro atoms. The van der Waals surface area contributed by atoms with Gasteiger partial charge in [-0.15, -0.1) is 0 Å². The van der Waals surface area contributed by atoms with Crippen molar-refractivity contribution in [3.05, 3.63) is 53.6 Å². The molecule has 5 heteroatoms. The van der Waals surface area contributed by atoms with Gasteiger partial charge in [-0.3, -0.25) is 4.79 Å². The molecule has 3 rings (SSSR count). The quantitative estimate of drug-likeness (QED) is 0.552. The number of ketones is 1. The van der Waals surface area contributed by atoms with Gasteiger partial charge < -0.3 is 18.9 Å². The third-order valence-corrected chi connectivity index (χ3v) is 3.82. The van der Waals surface area contributed by atoms with E-state index in [0.717, 1.165) is 5.56 Å². The Hall–Kier alpha value is -2.95. The predicted octanol–water partition coefficient (Wildman–Crippen LogP) is 4.15. The van der Waals surface area contributed by atoms with E-state index >= 15 is 0 Å². The Labute approximate surface area is 153 Å². The summed E-state index contributed by atoms with van der Waals surface area (Å²) in [6.07, 6.45) is 3.30. The summed E-state index contributed by atoms with van der Waals surface area (Å²) in [5, 5.41) is 0. The van der Waals surface area contributed by atoms with Gasteiger partial charge in [0.15, 0.2) is 28.8 Å². The number of hydrogen-bond acceptors (Lipinski definition) is 5. The van der Waals surface area contributed by atoms with Crippen molar-refractivity contribution in [2.45, 2.75) is 13.8 Å². The lowest BCUT2D eigenvalue weighted by Crippen LogP contribution is -2.15. The van der Waals surface area contributed by atoms with E-state index in [0.29, 0.717) is 55.0 Å². The van der Waals surface area contributed by atoms with E-state index in [1.807, 2.05) is 32.0 Å². The molecular formula is C21H22O5. The number of allylic oxidation sites excluding steroid dienone is 1. The van der Waals surface area contributed by atoms with Crippen molar-refractivity contribution >= 4 is 11.9 Å². The number of hydrogen-bond donors (Lipinski definition) is 0. The minimum Gasteiger partial charge on any atom is -0.490 e. The van der Waals surface area contributed by atoms with E-state index < -0.39 is 0 Å². The molecule has 0 N–H and O–H groups in total. The standard InChI is InChI=1S/C21H22O5/c1-3-23-18-9-6-15(13-20(18)24-4-2)5-8-17(22)16-7-10-19-21(14-16)26-12-11-25-19/h5-10,13-14H,3-4,11-12H2,1-2H3/b8-5+. The van der Waals surface area contributed by atoms with Crippen LogP contribution in [0.25, 0.3) is 6.08 Å². The molecule has 26 heavy (non-hydrogen) atoms. The van der Waals surface area contributed by atoms with Crippen LogP contribution in [0.3, 0.4) is 0 Å². The van der Waals surface area contributed by atoms with Crippen LogP contribution in [0.5, 0.6) is 23.0 Å². The van der Waals surface area contributed by atoms with Crippen LogP contribution in [0.2, 0.25) is 0 Å². The zero-order valence-corrected chi connectivity index (χ0v) is 15.0. The number of ether oxygens (including phenoxy) is 4. The molecule has 5 nitrogen and oxygen atoms in total. The molecule has 0 aromatic heterocycles. The molecule has 2 aromatic carbocycles. The van der Waals surface area contributed by atoms with Gasteiger partial charge in [0.25, 0.3) is 0 Å². The number of carbonyl (C=O) groups is 1. The Morgan fingerprint density at radius 1 is 0.962 bits per heavy atom. The van der Waals surface area contributed by atoms with Crippen LogP contribution >= 0.6 is 0 Å². The van der Waals surface area contributed by atoms with Crippen LogP contribution < -0.4 is 18.9 Å². The second kappa shape index (κ2) is 8.43. The highest BCUT2D eigenvalue weighted by atomic mass is 16.6. The first kappa shape index (κ1) is 17.9. The molecule has 0 saturated heterocycles. The molecule has 0 aliphatic carbocycles. The highest BCUT2D eigenvalue weighted by molar-refractivity contribution is 6.07. The van der Waals surface area contributed by atoms with Gasteiger partial charge in [-0.25, -0.2) is 0 Å². The summed E-state index contributed by atoms with van der Waals surface area (Å²) >= 11 is 0. The highest BCUT2D eigenvalue weighted by Crippen LogP contribution is 2.31. The molecule has 0 fully saturated rings. The van der Waals surface area contributed by atoms with Crippen molar-refractivity contribution in [2.75, 3.05) is 26.4 Å². The fraction of sp³-hybridized carbons (Fsp3) is 0.286. The number of carbonyl (C=O) groups excluding carboxylic acids is 1. The van der Waals surface area contributed by atoms with Gasteiger partial charge in [-0.1, -0.05) is 12.1 Å². The van der Waals surface area contributed by atoms with Crippen LogP contribution in [0.1, 0.15) is 29.8 Å². The molecule has 0 amide bonds. The van der Waals surface area contributed by atoms with Crippen molar-refractivity contribution < 1.29 is 23.7 Å². The Morgan fingerprint density at radius 2 is 1.69 bits per heavy atom. The molecule has 1 aliphatic rings. The molecule has 2 aromatic rings. The topological polar surface area (TPSA) is 54.0 Å². The Morgan fingerprint density at radius 3 is 2.46 bits per heavy atom. The average molecular weight is 354 g/mol. The SMILES string of the molecule is CCOc1ccc(/C=C/C(=O)c2ccc3c(c2)OCCO3)cc1OCC. The molecule has 0 bridgehead atoms. The lowest BCUT2D eigenvalue weighted by atomic mass is 10.1. The van der Waals surface area contributed by atoms with Crippen LogP contribution in [0.15, 0.2) is 42.5 Å². The molecule has 0 saturated carbocycles. The van der Waals surface area contributed by atoms with Crippen molar-refractivity contribution in [3.8, 4) is 23.0 Å². The van der Waals surface area contributed by atoms with Crippen molar-refractivity contribution in [2.24, 2.45) is 0 Å². The van der Waals surface area contributed by atoms with E-state index in [-0.39, 0.29) is 5.78 Å². The smallest absolute Gasteiger partial charge is 0.185 e. The molecular weight excluding hydrogens is 332 g/mol. The maximum absolute atomic E-state index is 12.4. The van der Waals surface area contributed by atoms with Crippen molar-refractivity contribution in [1.82, 2.24) is 0 Å². The maximum Gasteiger partial charge on any atom is 0.185 e. The summed E-state index contributed by atoms with van der Waals surface area (Å²) in [5.74, 6) is 2.54. The van der Waals surface area contributed by atoms with Crippen LogP contribution in [0.4, 0.5) is 0 Å². The van der Waals surface area contributed by atoms with Crippen molar-refractivity contribution in [1.29, 1.82) is 0 Å². The lowest BCUT2D eigenvalue weighted by molar-refractivity contribution is 0.104. The normalized spacial score (nSPS) is 12.8. The van der Waals surface area contributed by atoms with Gasteiger partial charge in [0.1, 0.15) is 13.2 Å². The Balaban J connectivity index is 1.76. The number of rotatable bonds is 7. The van der Waals surface area contributed by atoms with Gasteiger partial charge >= 0.3 is 0 Å². The van der Waals surface area contributed by atoms with Crippen LogP contribution in [-0.4, -0.2) is 32.2 Å². The fourth-order valence-electron chi connectivity index (χ4n) is 2.64. The first-order chi connectivity index (χ1) is 12.7. The molecule has 1 heterocycles. The first-order valence-corrected chi connectivity index (χ1v) is 8.73. The summed E-state index contributed by atoms with van der Waals surface area (Å²) < 4.78 is 22.2. The second-order valence-corrected chi connectivity index (χ2v) is 5.63. The molecule has 136 valence electrons. The zero-order chi connectivity index (χ0) is 18.4. The van der Waals surface area contributed by atoms with E-state index in [9.17, 15) is 4.79 Å². The molecule has 0 radical (unpaired) electrons. The van der Waals surface area contributed by atoms with Crippen LogP contribution in [0, 0.1) is 0 Å². The fourth-order valence-corrected chi connectivity index (χ4v) is 2.64. The molecule has 0 atom stereocenters. The van der Waals surface area contributed by atoms with Gasteiger partial charge in [-0.2, -0.15) is 0 Å². The van der Waals surface area contributed by atoms with Gasteiger partial charge in [0.2, 0.25) is 0 Å². The Kier molecular flexibility index (Phi) is 5.79. The molecule has 1 aliphatic heterocycles. The summed E-state index contributed by atoms with van der Waals surface area (Å²) in [6.45, 7) is 5.98. The minimum atomic E-state index is -0.103. The first-order valence-electron chi connectivity index (χ1n) is 8.73. The Bertz CT molecular complexity index is 810. The summed E-state index contributed by atoms with van der Waals surface area (Å²) in [7, 11) is 0. The third-order valence-electron chi connectivity index (χ3n) is 3.82. The second-order valence-electron chi connectivity index (χ2n) is 5.63. The largest absolute Gasteiger partial charge is 0.490 e. The number of fused-ring (bicyclic) bond motifs is 1. The number of benzene rings is 2. The summed E-state index contributed by atoms with van der Waals surface area (Å²) in [4.78, 5) is 12.4. The highest BCUT2D eigenvalue weighted by Gasteiger charge is 2.13. The average Bonchev–Trinajstić information content (AvgIpc) is 2.68. The van der Waals surface area contributed by atoms with Crippen molar-refractivity contribution in [3.63, 3.8) is 0 Å². The van der Waals surface area contributed by atoms with Gasteiger partial charge in [-0.05, 0) is 55.8 Å². The summed E-state index contributed by atoms with van der Waals surface area (Å²) in [5.41, 5.74) is 1.42. The van der Waals surface area contributed by atoms with Crippen LogP contribution in [-0.2, 0) is 0 Å². The maximum atomic E-state index is 12.4. The van der Waals surface area contributed by atoms with Gasteiger partial charge in [0, 0.05) is 5.56 Å². The summed E-state index contributed by atoms with van der Waals surface area (Å²) in [6, 6.07) is 10.8. The third kappa shape index (κ3) is 4.17.